The van der Waals surface area contributed by atoms with Gasteiger partial charge < -0.3 is 9.64 Å². The van der Waals surface area contributed by atoms with Gasteiger partial charge in [0.15, 0.2) is 0 Å². The summed E-state index contributed by atoms with van der Waals surface area (Å²) in [6.45, 7) is 4.55. The van der Waals surface area contributed by atoms with Crippen molar-refractivity contribution in [1.29, 1.82) is 0 Å². The van der Waals surface area contributed by atoms with Gasteiger partial charge >= 0.3 is 0 Å². The van der Waals surface area contributed by atoms with Crippen LogP contribution in [0.2, 0.25) is 0 Å². The maximum atomic E-state index is 12.8. The summed E-state index contributed by atoms with van der Waals surface area (Å²) in [4.78, 5) is 29.2. The summed E-state index contributed by atoms with van der Waals surface area (Å²) in [5.41, 5.74) is 4.66. The highest BCUT2D eigenvalue weighted by atomic mass is 79.9. The molecule has 164 valence electrons. The van der Waals surface area contributed by atoms with Crippen molar-refractivity contribution >= 4 is 27.5 Å². The minimum atomic E-state index is -0.253. The van der Waals surface area contributed by atoms with Gasteiger partial charge in [0.25, 0.3) is 0 Å². The summed E-state index contributed by atoms with van der Waals surface area (Å²) < 4.78 is 8.51. The number of ether oxygens (including phenoxy) is 1. The molecule has 2 aromatic heterocycles. The molecule has 32 heavy (non-hydrogen) atoms. The molecule has 0 N–H and O–H groups in total. The number of imidazole rings is 1. The van der Waals surface area contributed by atoms with Crippen molar-refractivity contribution in [2.24, 2.45) is 4.99 Å². The van der Waals surface area contributed by atoms with Gasteiger partial charge in [-0.2, -0.15) is 0 Å². The highest BCUT2D eigenvalue weighted by Gasteiger charge is 2.29. The Morgan fingerprint density at radius 1 is 1.19 bits per heavy atom. The van der Waals surface area contributed by atoms with Crippen LogP contribution < -0.4 is 0 Å². The van der Waals surface area contributed by atoms with E-state index in [9.17, 15) is 4.79 Å². The summed E-state index contributed by atoms with van der Waals surface area (Å²) >= 11 is 3.61. The molecule has 0 aliphatic carbocycles. The monoisotopic (exact) mass is 493 g/mol. The second kappa shape index (κ2) is 8.96. The average Bonchev–Trinajstić information content (AvgIpc) is 3.14. The lowest BCUT2D eigenvalue weighted by Gasteiger charge is -2.27. The van der Waals surface area contributed by atoms with Crippen LogP contribution in [-0.2, 0) is 9.53 Å². The lowest BCUT2D eigenvalue weighted by Crippen LogP contribution is -2.40. The fourth-order valence-corrected chi connectivity index (χ4v) is 4.67. The van der Waals surface area contributed by atoms with Crippen molar-refractivity contribution < 1.29 is 9.53 Å². The highest BCUT2D eigenvalue weighted by molar-refractivity contribution is 9.10. The molecule has 1 atom stereocenters. The van der Waals surface area contributed by atoms with Crippen molar-refractivity contribution in [2.75, 3.05) is 26.3 Å². The van der Waals surface area contributed by atoms with Gasteiger partial charge in [-0.3, -0.25) is 19.3 Å². The van der Waals surface area contributed by atoms with Crippen LogP contribution in [0.1, 0.15) is 41.7 Å². The predicted octanol–water partition coefficient (Wildman–Crippen LogP) is 3.87. The predicted molar refractivity (Wildman–Crippen MR) is 125 cm³/mol. The maximum Gasteiger partial charge on any atom is 0.222 e. The summed E-state index contributed by atoms with van der Waals surface area (Å²) in [5.74, 6) is 0.994. The summed E-state index contributed by atoms with van der Waals surface area (Å²) in [7, 11) is 0. The Labute approximate surface area is 195 Å². The van der Waals surface area contributed by atoms with E-state index < -0.39 is 0 Å². The normalized spacial score (nSPS) is 17.9. The number of fused-ring (bicyclic) bond motifs is 3. The van der Waals surface area contributed by atoms with Gasteiger partial charge in [0.05, 0.1) is 30.3 Å². The highest BCUT2D eigenvalue weighted by Crippen LogP contribution is 2.34. The van der Waals surface area contributed by atoms with Crippen molar-refractivity contribution in [3.05, 3.63) is 76.0 Å². The Morgan fingerprint density at radius 3 is 2.81 bits per heavy atom. The molecular formula is C24H24BrN5O2. The number of nitrogens with zero attached hydrogens (tertiary/aromatic N) is 5. The van der Waals surface area contributed by atoms with Gasteiger partial charge in [0.2, 0.25) is 5.91 Å². The third kappa shape index (κ3) is 4.00. The molecule has 1 aromatic carbocycles. The van der Waals surface area contributed by atoms with Gasteiger partial charge in [-0.05, 0) is 43.7 Å². The summed E-state index contributed by atoms with van der Waals surface area (Å²) in [6, 6.07) is 11.8. The van der Waals surface area contributed by atoms with Crippen LogP contribution in [0.15, 0.2) is 58.3 Å². The number of halogens is 1. The van der Waals surface area contributed by atoms with Crippen LogP contribution in [0.25, 0.3) is 5.69 Å². The molecule has 1 unspecified atom stereocenters. The van der Waals surface area contributed by atoms with Crippen molar-refractivity contribution in [3.63, 3.8) is 0 Å². The van der Waals surface area contributed by atoms with E-state index in [0.29, 0.717) is 39.1 Å². The van der Waals surface area contributed by atoms with Gasteiger partial charge in [-0.1, -0.05) is 22.0 Å². The molecule has 0 saturated carbocycles. The van der Waals surface area contributed by atoms with E-state index in [-0.39, 0.29) is 11.9 Å². The lowest BCUT2D eigenvalue weighted by molar-refractivity contribution is -0.135. The van der Waals surface area contributed by atoms with Crippen LogP contribution >= 0.6 is 15.9 Å². The molecule has 1 amide bonds. The third-order valence-corrected chi connectivity index (χ3v) is 6.40. The molecule has 0 bridgehead atoms. The van der Waals surface area contributed by atoms with Gasteiger partial charge in [0, 0.05) is 47.6 Å². The van der Waals surface area contributed by atoms with Crippen LogP contribution in [0.4, 0.5) is 0 Å². The molecule has 3 aromatic rings. The zero-order chi connectivity index (χ0) is 22.1. The molecule has 4 heterocycles. The van der Waals surface area contributed by atoms with Crippen LogP contribution in [-0.4, -0.2) is 57.4 Å². The number of hydrogen-bond donors (Lipinski definition) is 0. The first-order valence-electron chi connectivity index (χ1n) is 10.8. The van der Waals surface area contributed by atoms with E-state index in [0.717, 1.165) is 38.6 Å². The molecule has 0 spiro atoms. The fourth-order valence-electron chi connectivity index (χ4n) is 4.31. The van der Waals surface area contributed by atoms with Crippen molar-refractivity contribution in [3.8, 4) is 5.69 Å². The number of carbonyl (C=O) groups excluding carboxylic acids is 1. The standard InChI is InChI=1S/C24H24BrN5O2/c1-16-15-27-24-20(6-8-22(31)29-10-12-32-13-11-29)28-23(19-4-2-3-9-26-19)18-14-17(25)5-7-21(18)30(16)24/h2-5,7,9,14-15,20H,6,8,10-13H2,1H3. The number of hydrogen-bond acceptors (Lipinski definition) is 5. The quantitative estimate of drug-likeness (QED) is 0.552. The van der Waals surface area contributed by atoms with Gasteiger partial charge in [0.1, 0.15) is 11.9 Å². The summed E-state index contributed by atoms with van der Waals surface area (Å²) in [5, 5.41) is 0. The first-order valence-corrected chi connectivity index (χ1v) is 11.6. The van der Waals surface area contributed by atoms with Crippen molar-refractivity contribution in [1.82, 2.24) is 19.4 Å². The minimum absolute atomic E-state index is 0.141. The van der Waals surface area contributed by atoms with E-state index in [1.54, 1.807) is 6.20 Å². The molecule has 7 nitrogen and oxygen atoms in total. The molecule has 2 aliphatic rings. The third-order valence-electron chi connectivity index (χ3n) is 5.91. The lowest BCUT2D eigenvalue weighted by atomic mass is 10.0. The Morgan fingerprint density at radius 2 is 2.03 bits per heavy atom. The Kier molecular flexibility index (Phi) is 5.89. The molecule has 5 rings (SSSR count). The number of aliphatic imine (C=N–C) groups is 1. The first kappa shape index (κ1) is 21.0. The van der Waals surface area contributed by atoms with Gasteiger partial charge in [-0.25, -0.2) is 4.98 Å². The SMILES string of the molecule is Cc1cnc2n1-c1ccc(Br)cc1C(c1ccccn1)=NC2CCC(=O)N1CCOCC1. The minimum Gasteiger partial charge on any atom is -0.378 e. The van der Waals surface area contributed by atoms with Crippen molar-refractivity contribution in [2.45, 2.75) is 25.8 Å². The molecule has 8 heteroatoms. The number of pyridine rings is 1. The van der Waals surface area contributed by atoms with E-state index >= 15 is 0 Å². The van der Waals surface area contributed by atoms with Crippen LogP contribution in [0.3, 0.4) is 0 Å². The molecule has 1 fully saturated rings. The molecule has 2 aliphatic heterocycles. The second-order valence-corrected chi connectivity index (χ2v) is 8.91. The topological polar surface area (TPSA) is 72.6 Å². The first-order chi connectivity index (χ1) is 15.6. The Balaban J connectivity index is 1.56. The number of morpholine rings is 1. The molecular weight excluding hydrogens is 470 g/mol. The maximum absolute atomic E-state index is 12.8. The number of benzene rings is 1. The fraction of sp³-hybridized carbons (Fsp3) is 0.333. The zero-order valence-corrected chi connectivity index (χ0v) is 19.5. The number of carbonyl (C=O) groups is 1. The average molecular weight is 494 g/mol. The Bertz CT molecular complexity index is 1170. The van der Waals surface area contributed by atoms with E-state index in [4.69, 9.17) is 14.7 Å². The van der Waals surface area contributed by atoms with E-state index in [2.05, 4.69) is 37.6 Å². The van der Waals surface area contributed by atoms with E-state index in [1.807, 2.05) is 42.3 Å². The number of rotatable bonds is 4. The molecule has 1 saturated heterocycles. The van der Waals surface area contributed by atoms with E-state index in [1.165, 1.54) is 0 Å². The van der Waals surface area contributed by atoms with Crippen LogP contribution in [0, 0.1) is 6.92 Å². The number of amides is 1. The van der Waals surface area contributed by atoms with Gasteiger partial charge in [-0.15, -0.1) is 0 Å². The number of aromatic nitrogens is 3. The largest absolute Gasteiger partial charge is 0.378 e. The molecule has 0 radical (unpaired) electrons. The second-order valence-electron chi connectivity index (χ2n) is 7.99. The number of aryl methyl sites for hydroxylation is 1. The van der Waals surface area contributed by atoms with Crippen LogP contribution in [0.5, 0.6) is 0 Å². The Hall–Kier alpha value is -2.84. The summed E-state index contributed by atoms with van der Waals surface area (Å²) in [6.07, 6.45) is 4.65. The smallest absolute Gasteiger partial charge is 0.222 e. The zero-order valence-electron chi connectivity index (χ0n) is 17.9.